The molecule has 0 atom stereocenters. The fourth-order valence-electron chi connectivity index (χ4n) is 3.53. The van der Waals surface area contributed by atoms with Gasteiger partial charge >= 0.3 is 0 Å². The summed E-state index contributed by atoms with van der Waals surface area (Å²) >= 11 is 0. The van der Waals surface area contributed by atoms with Crippen molar-refractivity contribution >= 4 is 22.9 Å². The number of imidazole rings is 1. The minimum atomic E-state index is 0.531. The maximum atomic E-state index is 5.25. The van der Waals surface area contributed by atoms with Crippen LogP contribution in [0.3, 0.4) is 0 Å². The normalized spacial score (nSPS) is 11.2. The Labute approximate surface area is 210 Å². The van der Waals surface area contributed by atoms with E-state index in [4.69, 9.17) is 19.5 Å². The second kappa shape index (κ2) is 11.2. The highest BCUT2D eigenvalue weighted by Crippen LogP contribution is 2.26. The van der Waals surface area contributed by atoms with E-state index >= 15 is 0 Å². The lowest BCUT2D eigenvalue weighted by Gasteiger charge is -2.16. The molecular formula is C27H29N7O2. The van der Waals surface area contributed by atoms with Crippen LogP contribution in [0.2, 0.25) is 0 Å². The van der Waals surface area contributed by atoms with Crippen LogP contribution in [0.15, 0.2) is 78.5 Å². The van der Waals surface area contributed by atoms with Gasteiger partial charge in [-0.1, -0.05) is 18.7 Å². The van der Waals surface area contributed by atoms with Gasteiger partial charge in [0.2, 0.25) is 5.88 Å². The van der Waals surface area contributed by atoms with E-state index in [0.717, 1.165) is 39.6 Å². The Hall–Kier alpha value is -4.66. The fraction of sp³-hybridized carbons (Fsp3) is 0.185. The number of aromatic nitrogens is 4. The number of ether oxygens (including phenoxy) is 2. The first kappa shape index (κ1) is 24.5. The monoisotopic (exact) mass is 483 g/mol. The zero-order chi connectivity index (χ0) is 25.5. The lowest BCUT2D eigenvalue weighted by atomic mass is 10.1. The van der Waals surface area contributed by atoms with Crippen molar-refractivity contribution in [1.82, 2.24) is 19.9 Å². The highest BCUT2D eigenvalue weighted by Gasteiger charge is 2.19. The molecule has 4 aromatic rings. The van der Waals surface area contributed by atoms with Crippen LogP contribution < -0.4 is 20.1 Å². The van der Waals surface area contributed by atoms with Gasteiger partial charge in [0.25, 0.3) is 0 Å². The number of hydrogen-bond acceptors (Lipinski definition) is 8. The largest absolute Gasteiger partial charge is 0.497 e. The third-order valence-electron chi connectivity index (χ3n) is 5.36. The van der Waals surface area contributed by atoms with Crippen LogP contribution in [0.5, 0.6) is 11.6 Å². The number of nitrogens with zero attached hydrogens (tertiary/aromatic N) is 4. The highest BCUT2D eigenvalue weighted by atomic mass is 16.5. The molecule has 0 saturated heterocycles. The number of anilines is 3. The molecule has 1 aromatic carbocycles. The Bertz CT molecular complexity index is 1360. The molecule has 0 fully saturated rings. The molecule has 36 heavy (non-hydrogen) atoms. The van der Waals surface area contributed by atoms with Crippen molar-refractivity contribution in [3.8, 4) is 11.6 Å². The third kappa shape index (κ3) is 5.87. The molecule has 184 valence electrons. The van der Waals surface area contributed by atoms with Gasteiger partial charge in [-0.15, -0.1) is 0 Å². The topological polar surface area (TPSA) is 109 Å². The van der Waals surface area contributed by atoms with Gasteiger partial charge in [-0.3, -0.25) is 4.99 Å². The van der Waals surface area contributed by atoms with Crippen LogP contribution in [-0.4, -0.2) is 39.9 Å². The maximum Gasteiger partial charge on any atom is 0.213 e. The summed E-state index contributed by atoms with van der Waals surface area (Å²) < 4.78 is 10.4. The molecule has 0 bridgehead atoms. The van der Waals surface area contributed by atoms with Gasteiger partial charge < -0.3 is 25.1 Å². The van der Waals surface area contributed by atoms with Crippen molar-refractivity contribution in [2.24, 2.45) is 4.99 Å². The molecule has 0 aliphatic rings. The van der Waals surface area contributed by atoms with Gasteiger partial charge in [-0.2, -0.15) is 0 Å². The van der Waals surface area contributed by atoms with E-state index in [0.29, 0.717) is 29.7 Å². The molecule has 0 aliphatic heterocycles. The van der Waals surface area contributed by atoms with E-state index in [1.807, 2.05) is 50.2 Å². The van der Waals surface area contributed by atoms with Gasteiger partial charge in [0, 0.05) is 29.6 Å². The van der Waals surface area contributed by atoms with E-state index in [-0.39, 0.29) is 0 Å². The zero-order valence-electron chi connectivity index (χ0n) is 20.8. The number of allylic oxidation sites excluding steroid dienone is 1. The van der Waals surface area contributed by atoms with E-state index in [1.54, 1.807) is 39.0 Å². The molecule has 9 heteroatoms. The van der Waals surface area contributed by atoms with Gasteiger partial charge in [-0.05, 0) is 43.7 Å². The fourth-order valence-corrected chi connectivity index (χ4v) is 3.53. The first-order valence-electron chi connectivity index (χ1n) is 11.4. The Morgan fingerprint density at radius 1 is 1.00 bits per heavy atom. The Kier molecular flexibility index (Phi) is 7.60. The Morgan fingerprint density at radius 2 is 1.78 bits per heavy atom. The molecule has 0 spiro atoms. The van der Waals surface area contributed by atoms with Gasteiger partial charge in [-0.25, -0.2) is 15.0 Å². The van der Waals surface area contributed by atoms with E-state index in [1.165, 1.54) is 0 Å². The van der Waals surface area contributed by atoms with Crippen LogP contribution in [-0.2, 0) is 6.54 Å². The SMILES string of the molecule is C=C(C)N=C(c1cc(NCc2ccc(OC)cc2)cnc1Nc1ccc(OC)nc1)c1nc[nH]c1C. The van der Waals surface area contributed by atoms with Crippen LogP contribution >= 0.6 is 0 Å². The van der Waals surface area contributed by atoms with E-state index < -0.39 is 0 Å². The van der Waals surface area contributed by atoms with Crippen LogP contribution in [0.25, 0.3) is 0 Å². The molecule has 0 radical (unpaired) electrons. The second-order valence-corrected chi connectivity index (χ2v) is 8.11. The summed E-state index contributed by atoms with van der Waals surface area (Å²) in [5.41, 5.74) is 6.41. The third-order valence-corrected chi connectivity index (χ3v) is 5.36. The minimum Gasteiger partial charge on any atom is -0.497 e. The average molecular weight is 484 g/mol. The smallest absolute Gasteiger partial charge is 0.213 e. The molecule has 3 heterocycles. The minimum absolute atomic E-state index is 0.531. The number of aliphatic imine (C=N–C) groups is 1. The summed E-state index contributed by atoms with van der Waals surface area (Å²) in [7, 11) is 3.24. The first-order valence-corrected chi connectivity index (χ1v) is 11.4. The molecule has 0 amide bonds. The van der Waals surface area contributed by atoms with E-state index in [9.17, 15) is 0 Å². The van der Waals surface area contributed by atoms with Crippen molar-refractivity contribution in [2.45, 2.75) is 20.4 Å². The lowest BCUT2D eigenvalue weighted by Crippen LogP contribution is -2.12. The number of methoxy groups -OCH3 is 2. The molecule has 4 rings (SSSR count). The van der Waals surface area contributed by atoms with Crippen molar-refractivity contribution in [3.05, 3.63) is 96.0 Å². The molecule has 0 unspecified atom stereocenters. The number of hydrogen-bond donors (Lipinski definition) is 3. The van der Waals surface area contributed by atoms with Crippen molar-refractivity contribution < 1.29 is 9.47 Å². The predicted octanol–water partition coefficient (Wildman–Crippen LogP) is 5.25. The van der Waals surface area contributed by atoms with Gasteiger partial charge in [0.05, 0.1) is 44.3 Å². The molecule has 0 saturated carbocycles. The van der Waals surface area contributed by atoms with Crippen LogP contribution in [0, 0.1) is 6.92 Å². The molecule has 3 aromatic heterocycles. The molecule has 3 N–H and O–H groups in total. The summed E-state index contributed by atoms with van der Waals surface area (Å²) in [6.45, 7) is 8.41. The quantitative estimate of drug-likeness (QED) is 0.264. The summed E-state index contributed by atoms with van der Waals surface area (Å²) in [6, 6.07) is 13.6. The van der Waals surface area contributed by atoms with Gasteiger partial charge in [0.1, 0.15) is 23.0 Å². The summed E-state index contributed by atoms with van der Waals surface area (Å²) in [6.07, 6.45) is 5.12. The average Bonchev–Trinajstić information content (AvgIpc) is 3.32. The number of aromatic amines is 1. The molecule has 9 nitrogen and oxygen atoms in total. The van der Waals surface area contributed by atoms with Crippen LogP contribution in [0.1, 0.15) is 29.4 Å². The number of benzene rings is 1. The number of rotatable bonds is 10. The molecular weight excluding hydrogens is 454 g/mol. The zero-order valence-corrected chi connectivity index (χ0v) is 20.8. The van der Waals surface area contributed by atoms with Crippen molar-refractivity contribution in [1.29, 1.82) is 0 Å². The Morgan fingerprint density at radius 3 is 2.39 bits per heavy atom. The van der Waals surface area contributed by atoms with Crippen LogP contribution in [0.4, 0.5) is 17.2 Å². The summed E-state index contributed by atoms with van der Waals surface area (Å²) in [5, 5.41) is 6.80. The number of pyridine rings is 2. The number of aryl methyl sites for hydroxylation is 1. The second-order valence-electron chi connectivity index (χ2n) is 8.11. The lowest BCUT2D eigenvalue weighted by molar-refractivity contribution is 0.398. The van der Waals surface area contributed by atoms with Gasteiger partial charge in [0.15, 0.2) is 0 Å². The first-order chi connectivity index (χ1) is 17.5. The highest BCUT2D eigenvalue weighted by molar-refractivity contribution is 6.16. The van der Waals surface area contributed by atoms with Crippen molar-refractivity contribution in [2.75, 3.05) is 24.9 Å². The number of nitrogens with one attached hydrogen (secondary N) is 3. The number of H-pyrrole nitrogens is 1. The Balaban J connectivity index is 1.71. The summed E-state index contributed by atoms with van der Waals surface area (Å²) in [5.74, 6) is 1.96. The maximum absolute atomic E-state index is 5.25. The summed E-state index contributed by atoms with van der Waals surface area (Å²) in [4.78, 5) is 21.4. The predicted molar refractivity (Wildman–Crippen MR) is 142 cm³/mol. The standard InChI is InChI=1S/C27H29N7O2/c1-17(2)33-26(25-18(3)31-16-32-25)23-12-21(28-13-19-6-9-22(35-4)10-7-19)15-30-27(23)34-20-8-11-24(36-5)29-14-20/h6-12,14-16,28H,1,13H2,2-5H3,(H,30,34)(H,31,32). The van der Waals surface area contributed by atoms with E-state index in [2.05, 4.69) is 32.2 Å². The van der Waals surface area contributed by atoms with Crippen molar-refractivity contribution in [3.63, 3.8) is 0 Å². The molecule has 0 aliphatic carbocycles.